The van der Waals surface area contributed by atoms with Crippen LogP contribution in [0.1, 0.15) is 5.82 Å². The highest BCUT2D eigenvalue weighted by atomic mass is 16.5. The smallest absolute Gasteiger partial charge is 0.252 e. The van der Waals surface area contributed by atoms with Gasteiger partial charge >= 0.3 is 0 Å². The number of hydrogen-bond acceptors (Lipinski definition) is 4. The van der Waals surface area contributed by atoms with Crippen LogP contribution in [0.15, 0.2) is 18.7 Å². The standard InChI is InChI=1S/C7H8N4O/c1-6(12-2)4-11-5-9-7(3-8)10-11/h5H,1,4H2,2H3. The zero-order valence-corrected chi connectivity index (χ0v) is 6.69. The molecular formula is C7H8N4O. The summed E-state index contributed by atoms with van der Waals surface area (Å²) in [5, 5.41) is 12.2. The molecule has 62 valence electrons. The van der Waals surface area contributed by atoms with Gasteiger partial charge < -0.3 is 4.74 Å². The number of nitrogens with zero attached hydrogens (tertiary/aromatic N) is 4. The maximum absolute atomic E-state index is 8.40. The number of methoxy groups -OCH3 is 1. The third kappa shape index (κ3) is 1.83. The van der Waals surface area contributed by atoms with Gasteiger partial charge in [0.1, 0.15) is 18.2 Å². The van der Waals surface area contributed by atoms with Crippen LogP contribution in [0.25, 0.3) is 0 Å². The summed E-state index contributed by atoms with van der Waals surface area (Å²) in [5.74, 6) is 0.725. The van der Waals surface area contributed by atoms with E-state index in [1.807, 2.05) is 6.07 Å². The van der Waals surface area contributed by atoms with E-state index in [0.29, 0.717) is 12.3 Å². The lowest BCUT2D eigenvalue weighted by atomic mass is 10.5. The molecule has 1 aromatic heterocycles. The van der Waals surface area contributed by atoms with Gasteiger partial charge in [0.25, 0.3) is 5.82 Å². The molecule has 0 aliphatic carbocycles. The third-order valence-electron chi connectivity index (χ3n) is 1.26. The molecule has 5 nitrogen and oxygen atoms in total. The van der Waals surface area contributed by atoms with E-state index in [1.54, 1.807) is 0 Å². The Balaban J connectivity index is 2.65. The Bertz CT molecular complexity index is 322. The molecule has 5 heteroatoms. The minimum absolute atomic E-state index is 0.152. The highest BCUT2D eigenvalue weighted by Gasteiger charge is 1.99. The van der Waals surface area contributed by atoms with Crippen molar-refractivity contribution in [2.24, 2.45) is 0 Å². The summed E-state index contributed by atoms with van der Waals surface area (Å²) in [6.45, 7) is 4.03. The molecule has 1 rings (SSSR count). The van der Waals surface area contributed by atoms with Crippen LogP contribution < -0.4 is 0 Å². The Morgan fingerprint density at radius 1 is 1.92 bits per heavy atom. The van der Waals surface area contributed by atoms with Crippen LogP contribution in [0.4, 0.5) is 0 Å². The van der Waals surface area contributed by atoms with E-state index in [9.17, 15) is 0 Å². The van der Waals surface area contributed by atoms with Crippen LogP contribution in [0.2, 0.25) is 0 Å². The van der Waals surface area contributed by atoms with Crippen LogP contribution in [-0.2, 0) is 11.3 Å². The van der Waals surface area contributed by atoms with Gasteiger partial charge in [-0.2, -0.15) is 5.26 Å². The largest absolute Gasteiger partial charge is 0.500 e. The summed E-state index contributed by atoms with van der Waals surface area (Å²) in [4.78, 5) is 3.72. The Labute approximate surface area is 69.9 Å². The number of hydrogen-bond donors (Lipinski definition) is 0. The highest BCUT2D eigenvalue weighted by molar-refractivity contribution is 5.05. The fraction of sp³-hybridized carbons (Fsp3) is 0.286. The fourth-order valence-corrected chi connectivity index (χ4v) is 0.667. The summed E-state index contributed by atoms with van der Waals surface area (Å²) in [5.41, 5.74) is 0. The normalized spacial score (nSPS) is 9.00. The van der Waals surface area contributed by atoms with Gasteiger partial charge in [-0.3, -0.25) is 0 Å². The molecule has 0 aliphatic heterocycles. The lowest BCUT2D eigenvalue weighted by molar-refractivity contribution is 0.268. The van der Waals surface area contributed by atoms with E-state index in [0.717, 1.165) is 0 Å². The molecule has 0 aromatic carbocycles. The Morgan fingerprint density at radius 2 is 2.67 bits per heavy atom. The maximum atomic E-state index is 8.40. The summed E-state index contributed by atoms with van der Waals surface area (Å²) in [7, 11) is 1.53. The van der Waals surface area contributed by atoms with Crippen molar-refractivity contribution in [2.45, 2.75) is 6.54 Å². The van der Waals surface area contributed by atoms with Crippen LogP contribution in [0.3, 0.4) is 0 Å². The molecule has 1 aromatic rings. The van der Waals surface area contributed by atoms with Gasteiger partial charge in [0, 0.05) is 0 Å². The average Bonchev–Trinajstić information content (AvgIpc) is 2.52. The van der Waals surface area contributed by atoms with Crippen molar-refractivity contribution in [3.63, 3.8) is 0 Å². The van der Waals surface area contributed by atoms with Crippen LogP contribution in [0.5, 0.6) is 0 Å². The SMILES string of the molecule is C=C(Cn1cnc(C#N)n1)OC. The first-order valence-corrected chi connectivity index (χ1v) is 3.27. The molecule has 0 radical (unpaired) electrons. The molecule has 0 spiro atoms. The molecule has 0 saturated carbocycles. The molecule has 0 atom stereocenters. The van der Waals surface area contributed by atoms with Crippen LogP contribution in [0, 0.1) is 11.3 Å². The van der Waals surface area contributed by atoms with E-state index in [-0.39, 0.29) is 5.82 Å². The van der Waals surface area contributed by atoms with E-state index in [1.165, 1.54) is 18.1 Å². The first-order valence-electron chi connectivity index (χ1n) is 3.27. The van der Waals surface area contributed by atoms with Gasteiger partial charge in [0.2, 0.25) is 0 Å². The van der Waals surface area contributed by atoms with Crippen molar-refractivity contribution in [3.8, 4) is 6.07 Å². The molecule has 1 heterocycles. The topological polar surface area (TPSA) is 63.7 Å². The van der Waals surface area contributed by atoms with Gasteiger partial charge in [-0.1, -0.05) is 6.58 Å². The van der Waals surface area contributed by atoms with Crippen molar-refractivity contribution >= 4 is 0 Å². The summed E-state index contributed by atoms with van der Waals surface area (Å²) in [6, 6.07) is 1.83. The molecule has 0 unspecified atom stereocenters. The zero-order valence-electron chi connectivity index (χ0n) is 6.69. The molecule has 0 saturated heterocycles. The molecule has 12 heavy (non-hydrogen) atoms. The molecule has 0 N–H and O–H groups in total. The van der Waals surface area contributed by atoms with Crippen molar-refractivity contribution < 1.29 is 4.74 Å². The number of aromatic nitrogens is 3. The Kier molecular flexibility index (Phi) is 2.43. The third-order valence-corrected chi connectivity index (χ3v) is 1.26. The van der Waals surface area contributed by atoms with Crippen molar-refractivity contribution in [3.05, 3.63) is 24.5 Å². The van der Waals surface area contributed by atoms with Gasteiger partial charge in [-0.05, 0) is 0 Å². The summed E-state index contributed by atoms with van der Waals surface area (Å²) >= 11 is 0. The van der Waals surface area contributed by atoms with Gasteiger partial charge in [0.15, 0.2) is 0 Å². The van der Waals surface area contributed by atoms with E-state index in [2.05, 4.69) is 16.7 Å². The molecule has 0 bridgehead atoms. The second kappa shape index (κ2) is 3.53. The molecule has 0 fully saturated rings. The maximum Gasteiger partial charge on any atom is 0.252 e. The molecular weight excluding hydrogens is 156 g/mol. The van der Waals surface area contributed by atoms with Crippen molar-refractivity contribution in [1.29, 1.82) is 5.26 Å². The Morgan fingerprint density at radius 3 is 3.17 bits per heavy atom. The van der Waals surface area contributed by atoms with Crippen molar-refractivity contribution in [2.75, 3.05) is 7.11 Å². The predicted octanol–water partition coefficient (Wildman–Crippen LogP) is 0.310. The summed E-state index contributed by atoms with van der Waals surface area (Å²) in [6.07, 6.45) is 1.46. The first kappa shape index (κ1) is 8.27. The second-order valence-electron chi connectivity index (χ2n) is 2.12. The quantitative estimate of drug-likeness (QED) is 0.603. The van der Waals surface area contributed by atoms with E-state index >= 15 is 0 Å². The number of rotatable bonds is 3. The number of ether oxygens (including phenoxy) is 1. The number of nitriles is 1. The molecule has 0 aliphatic rings. The van der Waals surface area contributed by atoms with Gasteiger partial charge in [-0.15, -0.1) is 5.10 Å². The summed E-state index contributed by atoms with van der Waals surface area (Å²) < 4.78 is 6.32. The number of allylic oxidation sites excluding steroid dienone is 1. The fourth-order valence-electron chi connectivity index (χ4n) is 0.667. The van der Waals surface area contributed by atoms with Gasteiger partial charge in [-0.25, -0.2) is 9.67 Å². The minimum atomic E-state index is 0.152. The highest BCUT2D eigenvalue weighted by Crippen LogP contribution is 1.95. The van der Waals surface area contributed by atoms with E-state index < -0.39 is 0 Å². The average molecular weight is 164 g/mol. The van der Waals surface area contributed by atoms with Crippen molar-refractivity contribution in [1.82, 2.24) is 14.8 Å². The van der Waals surface area contributed by atoms with E-state index in [4.69, 9.17) is 10.00 Å². The van der Waals surface area contributed by atoms with Gasteiger partial charge in [0.05, 0.1) is 13.7 Å². The first-order chi connectivity index (χ1) is 5.76. The van der Waals surface area contributed by atoms with Crippen LogP contribution in [-0.4, -0.2) is 21.9 Å². The second-order valence-corrected chi connectivity index (χ2v) is 2.12. The lowest BCUT2D eigenvalue weighted by Gasteiger charge is -2.01. The van der Waals surface area contributed by atoms with Crippen LogP contribution >= 0.6 is 0 Å². The lowest BCUT2D eigenvalue weighted by Crippen LogP contribution is -2.02. The minimum Gasteiger partial charge on any atom is -0.500 e. The Hall–Kier alpha value is -1.83. The predicted molar refractivity (Wildman–Crippen MR) is 40.9 cm³/mol. The zero-order chi connectivity index (χ0) is 8.97. The molecule has 0 amide bonds. The monoisotopic (exact) mass is 164 g/mol.